The third-order valence-electron chi connectivity index (χ3n) is 2.46. The second-order valence-corrected chi connectivity index (χ2v) is 4.44. The number of nitrogens with one attached hydrogen (secondary N) is 1. The molecule has 17 heavy (non-hydrogen) atoms. The van der Waals surface area contributed by atoms with Crippen molar-refractivity contribution in [1.82, 2.24) is 14.7 Å². The van der Waals surface area contributed by atoms with E-state index in [0.717, 1.165) is 10.7 Å². The maximum Gasteiger partial charge on any atom is 0.320 e. The fourth-order valence-corrected chi connectivity index (χ4v) is 2.20. The molecule has 2 aromatic rings. The van der Waals surface area contributed by atoms with Gasteiger partial charge < -0.3 is 9.84 Å². The van der Waals surface area contributed by atoms with Crippen LogP contribution in [0.3, 0.4) is 0 Å². The minimum absolute atomic E-state index is 0.397. The number of nitrogens with zero attached hydrogens (tertiary/aromatic N) is 2. The first-order chi connectivity index (χ1) is 8.13. The van der Waals surface area contributed by atoms with E-state index in [1.54, 1.807) is 14.0 Å². The Labute approximate surface area is 102 Å². The molecule has 2 aromatic heterocycles. The number of thiazole rings is 1. The lowest BCUT2D eigenvalue weighted by atomic mass is 10.3. The molecule has 0 radical (unpaired) electrons. The van der Waals surface area contributed by atoms with Gasteiger partial charge in [0.05, 0.1) is 7.11 Å². The van der Waals surface area contributed by atoms with Gasteiger partial charge in [0.25, 0.3) is 0 Å². The van der Waals surface area contributed by atoms with Gasteiger partial charge in [0, 0.05) is 18.1 Å². The smallest absolute Gasteiger partial charge is 0.320 e. The monoisotopic (exact) mass is 255 g/mol. The van der Waals surface area contributed by atoms with E-state index in [2.05, 4.69) is 10.3 Å². The molecule has 1 unspecified atom stereocenters. The molecule has 0 saturated heterocycles. The SMILES string of the molecule is COc1nc2sccn2c1CNC(C)C(=O)O. The number of methoxy groups -OCH3 is 1. The Morgan fingerprint density at radius 3 is 3.18 bits per heavy atom. The third kappa shape index (κ3) is 2.25. The molecule has 0 spiro atoms. The van der Waals surface area contributed by atoms with Crippen molar-refractivity contribution >= 4 is 22.3 Å². The van der Waals surface area contributed by atoms with Gasteiger partial charge in [-0.2, -0.15) is 4.98 Å². The molecular formula is C10H13N3O3S. The molecule has 2 rings (SSSR count). The Morgan fingerprint density at radius 1 is 1.76 bits per heavy atom. The van der Waals surface area contributed by atoms with E-state index in [0.29, 0.717) is 12.4 Å². The summed E-state index contributed by atoms with van der Waals surface area (Å²) in [6, 6.07) is -0.608. The molecule has 92 valence electrons. The first-order valence-corrected chi connectivity index (χ1v) is 5.96. The zero-order chi connectivity index (χ0) is 12.4. The second-order valence-electron chi connectivity index (χ2n) is 3.56. The van der Waals surface area contributed by atoms with Crippen LogP contribution in [0.15, 0.2) is 11.6 Å². The van der Waals surface area contributed by atoms with E-state index in [1.807, 2.05) is 16.0 Å². The van der Waals surface area contributed by atoms with Crippen molar-refractivity contribution in [2.75, 3.05) is 7.11 Å². The fourth-order valence-electron chi connectivity index (χ4n) is 1.47. The van der Waals surface area contributed by atoms with Crippen molar-refractivity contribution in [2.24, 2.45) is 0 Å². The molecule has 0 aliphatic carbocycles. The lowest BCUT2D eigenvalue weighted by molar-refractivity contribution is -0.139. The van der Waals surface area contributed by atoms with Gasteiger partial charge >= 0.3 is 5.97 Å². The summed E-state index contributed by atoms with van der Waals surface area (Å²) in [5.74, 6) is -0.350. The standard InChI is InChI=1S/C10H13N3O3S/c1-6(9(14)15)11-5-7-8(16-2)12-10-13(7)3-4-17-10/h3-4,6,11H,5H2,1-2H3,(H,14,15). The van der Waals surface area contributed by atoms with Gasteiger partial charge in [-0.25, -0.2) is 0 Å². The number of carboxylic acid groups (broad SMARTS) is 1. The highest BCUT2D eigenvalue weighted by Crippen LogP contribution is 2.22. The maximum absolute atomic E-state index is 10.7. The van der Waals surface area contributed by atoms with Crippen LogP contribution in [0.5, 0.6) is 5.88 Å². The van der Waals surface area contributed by atoms with Gasteiger partial charge in [-0.3, -0.25) is 14.5 Å². The molecule has 1 atom stereocenters. The average Bonchev–Trinajstić information content (AvgIpc) is 2.85. The van der Waals surface area contributed by atoms with Crippen LogP contribution < -0.4 is 10.1 Å². The van der Waals surface area contributed by atoms with E-state index in [9.17, 15) is 4.79 Å². The van der Waals surface area contributed by atoms with Crippen LogP contribution in [0, 0.1) is 0 Å². The average molecular weight is 255 g/mol. The number of aliphatic carboxylic acids is 1. The highest BCUT2D eigenvalue weighted by Gasteiger charge is 2.16. The number of imidazole rings is 1. The van der Waals surface area contributed by atoms with Crippen LogP contribution in [0.4, 0.5) is 0 Å². The Kier molecular flexibility index (Phi) is 3.30. The van der Waals surface area contributed by atoms with Crippen LogP contribution in [0.25, 0.3) is 4.96 Å². The summed E-state index contributed by atoms with van der Waals surface area (Å²) in [5.41, 5.74) is 0.830. The summed E-state index contributed by atoms with van der Waals surface area (Å²) >= 11 is 1.51. The predicted molar refractivity (Wildman–Crippen MR) is 63.6 cm³/mol. The Bertz CT molecular complexity index is 534. The molecule has 2 N–H and O–H groups in total. The first-order valence-electron chi connectivity index (χ1n) is 5.08. The second kappa shape index (κ2) is 4.72. The minimum Gasteiger partial charge on any atom is -0.480 e. The lowest BCUT2D eigenvalue weighted by Gasteiger charge is -2.09. The normalized spacial score (nSPS) is 12.8. The zero-order valence-electron chi connectivity index (χ0n) is 9.51. The number of ether oxygens (including phenoxy) is 1. The summed E-state index contributed by atoms with van der Waals surface area (Å²) in [6.45, 7) is 2.00. The number of hydrogen-bond acceptors (Lipinski definition) is 5. The van der Waals surface area contributed by atoms with Gasteiger partial charge in [-0.05, 0) is 6.92 Å². The van der Waals surface area contributed by atoms with E-state index in [-0.39, 0.29) is 0 Å². The van der Waals surface area contributed by atoms with Gasteiger partial charge in [-0.1, -0.05) is 0 Å². The third-order valence-corrected chi connectivity index (χ3v) is 3.22. The molecule has 0 saturated carbocycles. The molecule has 0 fully saturated rings. The van der Waals surface area contributed by atoms with E-state index >= 15 is 0 Å². The molecule has 7 heteroatoms. The summed E-state index contributed by atoms with van der Waals surface area (Å²) in [6.07, 6.45) is 1.89. The fraction of sp³-hybridized carbons (Fsp3) is 0.400. The minimum atomic E-state index is -0.880. The zero-order valence-corrected chi connectivity index (χ0v) is 10.3. The van der Waals surface area contributed by atoms with Crippen molar-refractivity contribution in [3.8, 4) is 5.88 Å². The van der Waals surface area contributed by atoms with Crippen molar-refractivity contribution in [1.29, 1.82) is 0 Å². The number of carbonyl (C=O) groups is 1. The van der Waals surface area contributed by atoms with E-state index in [4.69, 9.17) is 9.84 Å². The van der Waals surface area contributed by atoms with E-state index in [1.165, 1.54) is 11.3 Å². The van der Waals surface area contributed by atoms with E-state index < -0.39 is 12.0 Å². The van der Waals surface area contributed by atoms with Crippen LogP contribution in [-0.2, 0) is 11.3 Å². The van der Waals surface area contributed by atoms with Gasteiger partial charge in [0.15, 0.2) is 4.96 Å². The summed E-state index contributed by atoms with van der Waals surface area (Å²) in [5, 5.41) is 13.6. The van der Waals surface area contributed by atoms with Crippen LogP contribution in [-0.4, -0.2) is 33.6 Å². The summed E-state index contributed by atoms with van der Waals surface area (Å²) in [4.78, 5) is 15.8. The summed E-state index contributed by atoms with van der Waals surface area (Å²) in [7, 11) is 1.55. The molecule has 0 aromatic carbocycles. The van der Waals surface area contributed by atoms with Crippen LogP contribution in [0.1, 0.15) is 12.6 Å². The number of carboxylic acids is 1. The first kappa shape index (κ1) is 11.9. The Balaban J connectivity index is 2.21. The van der Waals surface area contributed by atoms with Crippen molar-refractivity contribution < 1.29 is 14.6 Å². The Hall–Kier alpha value is -1.60. The van der Waals surface area contributed by atoms with Crippen molar-refractivity contribution in [2.45, 2.75) is 19.5 Å². The molecule has 0 aliphatic heterocycles. The lowest BCUT2D eigenvalue weighted by Crippen LogP contribution is -2.33. The van der Waals surface area contributed by atoms with Crippen molar-refractivity contribution in [3.05, 3.63) is 17.3 Å². The number of fused-ring (bicyclic) bond motifs is 1. The largest absolute Gasteiger partial charge is 0.480 e. The Morgan fingerprint density at radius 2 is 2.53 bits per heavy atom. The van der Waals surface area contributed by atoms with Gasteiger partial charge in [0.1, 0.15) is 11.7 Å². The molecular weight excluding hydrogens is 242 g/mol. The molecule has 0 aliphatic rings. The number of rotatable bonds is 5. The molecule has 0 amide bonds. The summed E-state index contributed by atoms with van der Waals surface area (Å²) < 4.78 is 7.06. The maximum atomic E-state index is 10.7. The predicted octanol–water partition coefficient (Wildman–Crippen LogP) is 0.967. The molecule has 0 bridgehead atoms. The van der Waals surface area contributed by atoms with Crippen molar-refractivity contribution in [3.63, 3.8) is 0 Å². The molecule has 2 heterocycles. The highest BCUT2D eigenvalue weighted by molar-refractivity contribution is 7.15. The number of aromatic nitrogens is 2. The number of hydrogen-bond donors (Lipinski definition) is 2. The van der Waals surface area contributed by atoms with Gasteiger partial charge in [0.2, 0.25) is 5.88 Å². The molecule has 6 nitrogen and oxygen atoms in total. The highest BCUT2D eigenvalue weighted by atomic mass is 32.1. The van der Waals surface area contributed by atoms with Crippen LogP contribution >= 0.6 is 11.3 Å². The topological polar surface area (TPSA) is 75.9 Å². The van der Waals surface area contributed by atoms with Gasteiger partial charge in [-0.15, -0.1) is 11.3 Å². The quantitative estimate of drug-likeness (QED) is 0.832. The van der Waals surface area contributed by atoms with Crippen LogP contribution in [0.2, 0.25) is 0 Å².